The van der Waals surface area contributed by atoms with E-state index < -0.39 is 0 Å². The minimum absolute atomic E-state index is 0.459. The zero-order chi connectivity index (χ0) is 16.4. The Kier molecular flexibility index (Phi) is 4.51. The highest BCUT2D eigenvalue weighted by Gasteiger charge is 2.16. The second-order valence-electron chi connectivity index (χ2n) is 6.70. The second-order valence-corrected chi connectivity index (χ2v) is 6.70. The third kappa shape index (κ3) is 3.46. The number of hydrogen-bond donors (Lipinski definition) is 1. The molecule has 0 aliphatic carbocycles. The lowest BCUT2D eigenvalue weighted by atomic mass is 9.98. The van der Waals surface area contributed by atoms with Crippen molar-refractivity contribution in [2.45, 2.75) is 46.5 Å². The molecule has 1 aromatic carbocycles. The molecular formula is C19H26N4. The van der Waals surface area contributed by atoms with Gasteiger partial charge in [-0.25, -0.2) is 4.98 Å². The molecular weight excluding hydrogens is 284 g/mol. The van der Waals surface area contributed by atoms with E-state index in [9.17, 15) is 0 Å². The molecule has 4 nitrogen and oxygen atoms in total. The van der Waals surface area contributed by atoms with Gasteiger partial charge in [0.05, 0.1) is 0 Å². The zero-order valence-corrected chi connectivity index (χ0v) is 14.6. The van der Waals surface area contributed by atoms with Gasteiger partial charge in [-0.15, -0.1) is 0 Å². The molecule has 0 amide bonds. The lowest BCUT2D eigenvalue weighted by molar-refractivity contribution is 0.866. The van der Waals surface area contributed by atoms with E-state index in [0.29, 0.717) is 11.9 Å². The SMILES string of the molecule is Cc1cc(N2CCCC2)nc(Nc2c(C)cccc2C(C)C)n1. The van der Waals surface area contributed by atoms with Crippen molar-refractivity contribution >= 4 is 17.5 Å². The zero-order valence-electron chi connectivity index (χ0n) is 14.6. The third-order valence-corrected chi connectivity index (χ3v) is 4.43. The molecule has 1 saturated heterocycles. The molecule has 0 bridgehead atoms. The highest BCUT2D eigenvalue weighted by molar-refractivity contribution is 5.65. The van der Waals surface area contributed by atoms with E-state index in [1.54, 1.807) is 0 Å². The van der Waals surface area contributed by atoms with E-state index >= 15 is 0 Å². The van der Waals surface area contributed by atoms with Gasteiger partial charge in [-0.2, -0.15) is 4.98 Å². The molecule has 2 heterocycles. The summed E-state index contributed by atoms with van der Waals surface area (Å²) >= 11 is 0. The number of rotatable bonds is 4. The highest BCUT2D eigenvalue weighted by Crippen LogP contribution is 2.30. The Hall–Kier alpha value is -2.10. The van der Waals surface area contributed by atoms with Crippen LogP contribution in [0.5, 0.6) is 0 Å². The fourth-order valence-corrected chi connectivity index (χ4v) is 3.17. The van der Waals surface area contributed by atoms with Crippen molar-refractivity contribution in [1.29, 1.82) is 0 Å². The van der Waals surface area contributed by atoms with Crippen LogP contribution in [0.15, 0.2) is 24.3 Å². The van der Waals surface area contributed by atoms with Gasteiger partial charge in [0.15, 0.2) is 0 Å². The number of hydrogen-bond acceptors (Lipinski definition) is 4. The first-order chi connectivity index (χ1) is 11.0. The van der Waals surface area contributed by atoms with Crippen LogP contribution in [0, 0.1) is 13.8 Å². The van der Waals surface area contributed by atoms with Gasteiger partial charge in [0.25, 0.3) is 0 Å². The van der Waals surface area contributed by atoms with Crippen molar-refractivity contribution in [3.05, 3.63) is 41.1 Å². The van der Waals surface area contributed by atoms with Gasteiger partial charge in [-0.1, -0.05) is 32.0 Å². The Labute approximate surface area is 139 Å². The van der Waals surface area contributed by atoms with Crippen molar-refractivity contribution < 1.29 is 0 Å². The fourth-order valence-electron chi connectivity index (χ4n) is 3.17. The Morgan fingerprint density at radius 3 is 2.52 bits per heavy atom. The van der Waals surface area contributed by atoms with E-state index in [4.69, 9.17) is 4.98 Å². The number of para-hydroxylation sites is 1. The van der Waals surface area contributed by atoms with Crippen LogP contribution in [0.2, 0.25) is 0 Å². The number of anilines is 3. The summed E-state index contributed by atoms with van der Waals surface area (Å²) in [5, 5.41) is 3.48. The van der Waals surface area contributed by atoms with Gasteiger partial charge in [0, 0.05) is 30.5 Å². The molecule has 1 aliphatic rings. The molecule has 1 aliphatic heterocycles. The normalized spacial score (nSPS) is 14.6. The molecule has 122 valence electrons. The average Bonchev–Trinajstić information content (AvgIpc) is 3.03. The largest absolute Gasteiger partial charge is 0.356 e. The van der Waals surface area contributed by atoms with Crippen molar-refractivity contribution in [3.8, 4) is 0 Å². The number of nitrogens with one attached hydrogen (secondary N) is 1. The first-order valence-electron chi connectivity index (χ1n) is 8.52. The van der Waals surface area contributed by atoms with Crippen LogP contribution in [0.25, 0.3) is 0 Å². The minimum atomic E-state index is 0.459. The Balaban J connectivity index is 1.94. The maximum atomic E-state index is 4.76. The number of aryl methyl sites for hydroxylation is 2. The number of benzene rings is 1. The van der Waals surface area contributed by atoms with E-state index in [1.165, 1.54) is 24.0 Å². The predicted octanol–water partition coefficient (Wildman–Crippen LogP) is 4.56. The summed E-state index contributed by atoms with van der Waals surface area (Å²) in [6.07, 6.45) is 2.50. The standard InChI is InChI=1S/C19H26N4/c1-13(2)16-9-7-8-14(3)18(16)22-19-20-15(4)12-17(21-19)23-10-5-6-11-23/h7-9,12-13H,5-6,10-11H2,1-4H3,(H,20,21,22). The summed E-state index contributed by atoms with van der Waals surface area (Å²) in [6.45, 7) is 10.8. The Morgan fingerprint density at radius 1 is 1.09 bits per heavy atom. The minimum Gasteiger partial charge on any atom is -0.356 e. The van der Waals surface area contributed by atoms with E-state index in [-0.39, 0.29) is 0 Å². The average molecular weight is 310 g/mol. The summed E-state index contributed by atoms with van der Waals surface area (Å²) in [4.78, 5) is 11.7. The van der Waals surface area contributed by atoms with E-state index in [1.807, 2.05) is 6.92 Å². The van der Waals surface area contributed by atoms with Crippen LogP contribution in [-0.2, 0) is 0 Å². The lowest BCUT2D eigenvalue weighted by Gasteiger charge is -2.20. The molecule has 3 rings (SSSR count). The van der Waals surface area contributed by atoms with Crippen LogP contribution in [0.1, 0.15) is 49.4 Å². The van der Waals surface area contributed by atoms with Crippen molar-refractivity contribution in [2.75, 3.05) is 23.3 Å². The fraction of sp³-hybridized carbons (Fsp3) is 0.474. The molecule has 0 spiro atoms. The van der Waals surface area contributed by atoms with Crippen molar-refractivity contribution in [1.82, 2.24) is 9.97 Å². The Morgan fingerprint density at radius 2 is 1.83 bits per heavy atom. The molecule has 0 radical (unpaired) electrons. The van der Waals surface area contributed by atoms with Gasteiger partial charge < -0.3 is 10.2 Å². The van der Waals surface area contributed by atoms with Crippen LogP contribution < -0.4 is 10.2 Å². The Bertz CT molecular complexity index is 688. The molecule has 2 aromatic rings. The molecule has 0 saturated carbocycles. The van der Waals surface area contributed by atoms with Crippen LogP contribution in [0.4, 0.5) is 17.5 Å². The van der Waals surface area contributed by atoms with Crippen LogP contribution in [-0.4, -0.2) is 23.1 Å². The van der Waals surface area contributed by atoms with Gasteiger partial charge >= 0.3 is 0 Å². The van der Waals surface area contributed by atoms with Gasteiger partial charge in [0.1, 0.15) is 5.82 Å². The molecule has 1 aromatic heterocycles. The van der Waals surface area contributed by atoms with Crippen molar-refractivity contribution in [3.63, 3.8) is 0 Å². The summed E-state index contributed by atoms with van der Waals surface area (Å²) in [5.41, 5.74) is 4.67. The van der Waals surface area contributed by atoms with Crippen molar-refractivity contribution in [2.24, 2.45) is 0 Å². The maximum Gasteiger partial charge on any atom is 0.229 e. The lowest BCUT2D eigenvalue weighted by Crippen LogP contribution is -2.20. The third-order valence-electron chi connectivity index (χ3n) is 4.43. The van der Waals surface area contributed by atoms with E-state index in [2.05, 4.69) is 60.2 Å². The van der Waals surface area contributed by atoms with Gasteiger partial charge in [-0.05, 0) is 43.7 Å². The van der Waals surface area contributed by atoms with Gasteiger partial charge in [0.2, 0.25) is 5.95 Å². The summed E-state index contributed by atoms with van der Waals surface area (Å²) in [6, 6.07) is 8.50. The number of nitrogens with zero attached hydrogens (tertiary/aromatic N) is 3. The molecule has 0 unspecified atom stereocenters. The molecule has 23 heavy (non-hydrogen) atoms. The van der Waals surface area contributed by atoms with E-state index in [0.717, 1.165) is 30.3 Å². The monoisotopic (exact) mass is 310 g/mol. The number of aromatic nitrogens is 2. The highest BCUT2D eigenvalue weighted by atomic mass is 15.2. The topological polar surface area (TPSA) is 41.1 Å². The summed E-state index contributed by atoms with van der Waals surface area (Å²) in [7, 11) is 0. The first-order valence-corrected chi connectivity index (χ1v) is 8.52. The van der Waals surface area contributed by atoms with Gasteiger partial charge in [-0.3, -0.25) is 0 Å². The second kappa shape index (κ2) is 6.57. The maximum absolute atomic E-state index is 4.76. The smallest absolute Gasteiger partial charge is 0.229 e. The molecule has 1 N–H and O–H groups in total. The summed E-state index contributed by atoms with van der Waals surface area (Å²) < 4.78 is 0. The molecule has 4 heteroatoms. The quantitative estimate of drug-likeness (QED) is 0.898. The van der Waals surface area contributed by atoms with Crippen LogP contribution >= 0.6 is 0 Å². The van der Waals surface area contributed by atoms with Crippen LogP contribution in [0.3, 0.4) is 0 Å². The molecule has 0 atom stereocenters. The molecule has 1 fully saturated rings. The first kappa shape index (κ1) is 15.8. The predicted molar refractivity (Wildman–Crippen MR) is 96.8 cm³/mol. The summed E-state index contributed by atoms with van der Waals surface area (Å²) in [5.74, 6) is 2.19.